The Bertz CT molecular complexity index is 388. The zero-order valence-corrected chi connectivity index (χ0v) is 12.3. The van der Waals surface area contributed by atoms with Gasteiger partial charge in [-0.3, -0.25) is 4.90 Å². The fourth-order valence-electron chi connectivity index (χ4n) is 2.77. The van der Waals surface area contributed by atoms with Crippen molar-refractivity contribution in [1.82, 2.24) is 4.90 Å². The molecule has 19 heavy (non-hydrogen) atoms. The zero-order valence-electron chi connectivity index (χ0n) is 12.3. The van der Waals surface area contributed by atoms with E-state index in [2.05, 4.69) is 49.9 Å². The molecule has 2 N–H and O–H groups in total. The van der Waals surface area contributed by atoms with Crippen molar-refractivity contribution < 1.29 is 4.74 Å². The minimum Gasteiger partial charge on any atom is -0.379 e. The molecule has 1 aromatic rings. The largest absolute Gasteiger partial charge is 0.379 e. The van der Waals surface area contributed by atoms with Crippen LogP contribution in [-0.4, -0.2) is 37.2 Å². The SMILES string of the molecule is CC(C)c1ccc(C(CN)N2CCOCC2C)cc1. The highest BCUT2D eigenvalue weighted by Gasteiger charge is 2.26. The van der Waals surface area contributed by atoms with Crippen molar-refractivity contribution in [2.24, 2.45) is 5.73 Å². The summed E-state index contributed by atoms with van der Waals surface area (Å²) < 4.78 is 5.51. The lowest BCUT2D eigenvalue weighted by Gasteiger charge is -2.39. The molecule has 0 bridgehead atoms. The van der Waals surface area contributed by atoms with Gasteiger partial charge in [0.1, 0.15) is 0 Å². The Labute approximate surface area is 116 Å². The number of hydrogen-bond acceptors (Lipinski definition) is 3. The molecule has 0 radical (unpaired) electrons. The monoisotopic (exact) mass is 262 g/mol. The van der Waals surface area contributed by atoms with Gasteiger partial charge in [0.25, 0.3) is 0 Å². The molecule has 3 nitrogen and oxygen atoms in total. The normalized spacial score (nSPS) is 22.7. The fourth-order valence-corrected chi connectivity index (χ4v) is 2.77. The molecule has 2 unspecified atom stereocenters. The van der Waals surface area contributed by atoms with Crippen LogP contribution >= 0.6 is 0 Å². The number of hydrogen-bond donors (Lipinski definition) is 1. The molecule has 1 aromatic carbocycles. The summed E-state index contributed by atoms with van der Waals surface area (Å²) in [5.41, 5.74) is 8.72. The van der Waals surface area contributed by atoms with Crippen molar-refractivity contribution in [3.8, 4) is 0 Å². The maximum absolute atomic E-state index is 6.01. The highest BCUT2D eigenvalue weighted by Crippen LogP contribution is 2.25. The van der Waals surface area contributed by atoms with Crippen molar-refractivity contribution in [2.45, 2.75) is 38.8 Å². The highest BCUT2D eigenvalue weighted by atomic mass is 16.5. The van der Waals surface area contributed by atoms with Gasteiger partial charge >= 0.3 is 0 Å². The van der Waals surface area contributed by atoms with Crippen molar-refractivity contribution >= 4 is 0 Å². The number of morpholine rings is 1. The van der Waals surface area contributed by atoms with E-state index >= 15 is 0 Å². The Balaban J connectivity index is 2.16. The first-order valence-corrected chi connectivity index (χ1v) is 7.27. The van der Waals surface area contributed by atoms with E-state index in [4.69, 9.17) is 10.5 Å². The lowest BCUT2D eigenvalue weighted by atomic mass is 9.97. The van der Waals surface area contributed by atoms with E-state index in [-0.39, 0.29) is 0 Å². The van der Waals surface area contributed by atoms with E-state index < -0.39 is 0 Å². The minimum absolute atomic E-state index is 0.306. The molecule has 1 aliphatic rings. The predicted octanol–water partition coefficient (Wildman–Crippen LogP) is 2.53. The number of nitrogens with zero attached hydrogens (tertiary/aromatic N) is 1. The summed E-state index contributed by atoms with van der Waals surface area (Å²) in [6.07, 6.45) is 0. The van der Waals surface area contributed by atoms with Crippen LogP contribution in [0.3, 0.4) is 0 Å². The van der Waals surface area contributed by atoms with Gasteiger partial charge in [0.2, 0.25) is 0 Å². The molecule has 0 aliphatic carbocycles. The molecular formula is C16H26N2O. The van der Waals surface area contributed by atoms with Gasteiger partial charge in [-0.1, -0.05) is 38.1 Å². The summed E-state index contributed by atoms with van der Waals surface area (Å²) in [7, 11) is 0. The average Bonchev–Trinajstić information content (AvgIpc) is 2.42. The van der Waals surface area contributed by atoms with Crippen molar-refractivity contribution in [3.05, 3.63) is 35.4 Å². The van der Waals surface area contributed by atoms with Gasteiger partial charge in [0, 0.05) is 25.2 Å². The van der Waals surface area contributed by atoms with Crippen LogP contribution < -0.4 is 5.73 Å². The average molecular weight is 262 g/mol. The summed E-state index contributed by atoms with van der Waals surface area (Å²) >= 11 is 0. The Kier molecular flexibility index (Phi) is 4.97. The molecular weight excluding hydrogens is 236 g/mol. The predicted molar refractivity (Wildman–Crippen MR) is 79.3 cm³/mol. The molecule has 0 spiro atoms. The van der Waals surface area contributed by atoms with Crippen LogP contribution in [0.5, 0.6) is 0 Å². The standard InChI is InChI=1S/C16H26N2O/c1-12(2)14-4-6-15(7-5-14)16(10-17)18-8-9-19-11-13(18)3/h4-7,12-13,16H,8-11,17H2,1-3H3. The molecule has 106 valence electrons. The van der Waals surface area contributed by atoms with Crippen LogP contribution in [0.4, 0.5) is 0 Å². The summed E-state index contributed by atoms with van der Waals surface area (Å²) in [5.74, 6) is 0.577. The molecule has 1 saturated heterocycles. The van der Waals surface area contributed by atoms with Gasteiger partial charge in [-0.25, -0.2) is 0 Å². The summed E-state index contributed by atoms with van der Waals surface area (Å²) in [4.78, 5) is 2.47. The van der Waals surface area contributed by atoms with Gasteiger partial charge in [0.05, 0.1) is 13.2 Å². The van der Waals surface area contributed by atoms with E-state index in [9.17, 15) is 0 Å². The first-order valence-electron chi connectivity index (χ1n) is 7.27. The summed E-state index contributed by atoms with van der Waals surface area (Å²) in [6, 6.07) is 9.67. The molecule has 2 atom stereocenters. The van der Waals surface area contributed by atoms with Crippen LogP contribution in [0.15, 0.2) is 24.3 Å². The molecule has 0 aromatic heterocycles. The number of nitrogens with two attached hydrogens (primary N) is 1. The van der Waals surface area contributed by atoms with Crippen LogP contribution in [0.2, 0.25) is 0 Å². The maximum Gasteiger partial charge on any atom is 0.0620 e. The van der Waals surface area contributed by atoms with E-state index in [1.165, 1.54) is 11.1 Å². The minimum atomic E-state index is 0.306. The van der Waals surface area contributed by atoms with E-state index in [1.807, 2.05) is 0 Å². The van der Waals surface area contributed by atoms with E-state index in [0.29, 0.717) is 24.5 Å². The molecule has 3 heteroatoms. The smallest absolute Gasteiger partial charge is 0.0620 e. The van der Waals surface area contributed by atoms with E-state index in [1.54, 1.807) is 0 Å². The molecule has 0 saturated carbocycles. The van der Waals surface area contributed by atoms with Gasteiger partial charge in [-0.2, -0.15) is 0 Å². The van der Waals surface area contributed by atoms with E-state index in [0.717, 1.165) is 19.8 Å². The molecule has 2 rings (SSSR count). The lowest BCUT2D eigenvalue weighted by molar-refractivity contribution is -0.0209. The Morgan fingerprint density at radius 2 is 1.89 bits per heavy atom. The number of ether oxygens (including phenoxy) is 1. The summed E-state index contributed by atoms with van der Waals surface area (Å²) in [5, 5.41) is 0. The Hall–Kier alpha value is -0.900. The second-order valence-corrected chi connectivity index (χ2v) is 5.73. The summed E-state index contributed by atoms with van der Waals surface area (Å²) in [6.45, 7) is 9.90. The van der Waals surface area contributed by atoms with Crippen molar-refractivity contribution in [1.29, 1.82) is 0 Å². The zero-order chi connectivity index (χ0) is 13.8. The maximum atomic E-state index is 6.01. The molecule has 1 fully saturated rings. The van der Waals surface area contributed by atoms with Gasteiger partial charge in [0.15, 0.2) is 0 Å². The third kappa shape index (κ3) is 3.35. The Morgan fingerprint density at radius 1 is 1.26 bits per heavy atom. The second-order valence-electron chi connectivity index (χ2n) is 5.73. The quantitative estimate of drug-likeness (QED) is 0.906. The van der Waals surface area contributed by atoms with Crippen molar-refractivity contribution in [3.63, 3.8) is 0 Å². The second kappa shape index (κ2) is 6.51. The Morgan fingerprint density at radius 3 is 2.42 bits per heavy atom. The fraction of sp³-hybridized carbons (Fsp3) is 0.625. The van der Waals surface area contributed by atoms with Gasteiger partial charge < -0.3 is 10.5 Å². The molecule has 1 heterocycles. The number of benzene rings is 1. The van der Waals surface area contributed by atoms with Gasteiger partial charge in [-0.05, 0) is 24.0 Å². The van der Waals surface area contributed by atoms with Crippen LogP contribution in [0.25, 0.3) is 0 Å². The highest BCUT2D eigenvalue weighted by molar-refractivity contribution is 5.27. The van der Waals surface area contributed by atoms with Gasteiger partial charge in [-0.15, -0.1) is 0 Å². The van der Waals surface area contributed by atoms with Crippen molar-refractivity contribution in [2.75, 3.05) is 26.3 Å². The lowest BCUT2D eigenvalue weighted by Crippen LogP contribution is -2.47. The van der Waals surface area contributed by atoms with Crippen LogP contribution in [-0.2, 0) is 4.74 Å². The van der Waals surface area contributed by atoms with Crippen LogP contribution in [0, 0.1) is 0 Å². The topological polar surface area (TPSA) is 38.5 Å². The molecule has 0 amide bonds. The third-order valence-electron chi connectivity index (χ3n) is 4.03. The number of rotatable bonds is 4. The molecule has 1 aliphatic heterocycles. The van der Waals surface area contributed by atoms with Crippen LogP contribution in [0.1, 0.15) is 43.9 Å². The first-order chi connectivity index (χ1) is 9.13. The third-order valence-corrected chi connectivity index (χ3v) is 4.03. The first kappa shape index (κ1) is 14.5.